The number of nitrogens with two attached hydrogens (primary N) is 1. The van der Waals surface area contributed by atoms with E-state index in [0.717, 1.165) is 17.7 Å². The van der Waals surface area contributed by atoms with Crippen LogP contribution in [0.15, 0.2) is 18.2 Å². The van der Waals surface area contributed by atoms with Crippen molar-refractivity contribution in [1.29, 1.82) is 0 Å². The molecule has 3 heteroatoms. The number of rotatable bonds is 2. The highest BCUT2D eigenvalue weighted by atomic mass is 16.2. The number of benzene rings is 1. The van der Waals surface area contributed by atoms with Crippen LogP contribution in [0.4, 0.5) is 5.69 Å². The van der Waals surface area contributed by atoms with Crippen molar-refractivity contribution in [2.45, 2.75) is 45.1 Å². The molecule has 1 aromatic rings. The lowest BCUT2D eigenvalue weighted by atomic mass is 9.84. The molecule has 0 aliphatic carbocycles. The number of fused-ring (bicyclic) bond motifs is 1. The van der Waals surface area contributed by atoms with E-state index >= 15 is 0 Å². The molecule has 2 rings (SSSR count). The minimum absolute atomic E-state index is 0.0664. The summed E-state index contributed by atoms with van der Waals surface area (Å²) in [6, 6.07) is 6.11. The van der Waals surface area contributed by atoms with Crippen LogP contribution in [-0.4, -0.2) is 11.4 Å². The van der Waals surface area contributed by atoms with Crippen LogP contribution in [0, 0.1) is 0 Å². The van der Waals surface area contributed by atoms with E-state index in [1.165, 1.54) is 5.56 Å². The summed E-state index contributed by atoms with van der Waals surface area (Å²) in [5.74, 6) is 0.0664. The van der Waals surface area contributed by atoms with Crippen LogP contribution in [0.2, 0.25) is 0 Å². The van der Waals surface area contributed by atoms with Gasteiger partial charge in [-0.05, 0) is 51.3 Å². The molecule has 0 unspecified atom stereocenters. The average Bonchev–Trinajstić information content (AvgIpc) is 2.37. The van der Waals surface area contributed by atoms with E-state index in [-0.39, 0.29) is 11.4 Å². The molecule has 1 aliphatic rings. The summed E-state index contributed by atoms with van der Waals surface area (Å²) in [5.41, 5.74) is 8.54. The quantitative estimate of drug-likeness (QED) is 0.821. The second kappa shape index (κ2) is 3.57. The van der Waals surface area contributed by atoms with Crippen LogP contribution in [-0.2, 0) is 16.6 Å². The van der Waals surface area contributed by atoms with Gasteiger partial charge in [-0.1, -0.05) is 12.1 Å². The Bertz CT molecular complexity index is 470. The Balaban J connectivity index is 2.39. The number of hydrogen-bond acceptors (Lipinski definition) is 2. The molecule has 0 bridgehead atoms. The number of hydrogen-bond donors (Lipinski definition) is 2. The van der Waals surface area contributed by atoms with Gasteiger partial charge in [0.25, 0.3) is 0 Å². The largest absolute Gasteiger partial charge is 0.325 e. The van der Waals surface area contributed by atoms with Crippen LogP contribution >= 0.6 is 0 Å². The van der Waals surface area contributed by atoms with Gasteiger partial charge in [0.1, 0.15) is 0 Å². The molecule has 0 fully saturated rings. The van der Waals surface area contributed by atoms with Gasteiger partial charge in [0.15, 0.2) is 0 Å². The fourth-order valence-electron chi connectivity index (χ4n) is 2.25. The molecule has 1 aliphatic heterocycles. The zero-order valence-electron chi connectivity index (χ0n) is 10.9. The lowest BCUT2D eigenvalue weighted by Gasteiger charge is -2.20. The van der Waals surface area contributed by atoms with Crippen molar-refractivity contribution in [2.24, 2.45) is 5.73 Å². The molecule has 1 aromatic carbocycles. The van der Waals surface area contributed by atoms with Crippen molar-refractivity contribution < 1.29 is 4.79 Å². The van der Waals surface area contributed by atoms with Crippen LogP contribution in [0.3, 0.4) is 0 Å². The molecule has 0 radical (unpaired) electrons. The van der Waals surface area contributed by atoms with Gasteiger partial charge in [-0.15, -0.1) is 0 Å². The summed E-state index contributed by atoms with van der Waals surface area (Å²) in [6.45, 7) is 7.92. The van der Waals surface area contributed by atoms with Crippen LogP contribution < -0.4 is 11.1 Å². The van der Waals surface area contributed by atoms with Crippen molar-refractivity contribution in [3.63, 3.8) is 0 Å². The van der Waals surface area contributed by atoms with E-state index in [2.05, 4.69) is 11.4 Å². The first-order valence-corrected chi connectivity index (χ1v) is 5.94. The Labute approximate surface area is 102 Å². The van der Waals surface area contributed by atoms with E-state index in [4.69, 9.17) is 5.73 Å². The fraction of sp³-hybridized carbons (Fsp3) is 0.500. The minimum atomic E-state index is -0.440. The molecule has 0 atom stereocenters. The van der Waals surface area contributed by atoms with Gasteiger partial charge in [0, 0.05) is 11.2 Å². The smallest absolute Gasteiger partial charge is 0.234 e. The highest BCUT2D eigenvalue weighted by Crippen LogP contribution is 2.37. The minimum Gasteiger partial charge on any atom is -0.325 e. The molecule has 1 heterocycles. The van der Waals surface area contributed by atoms with E-state index < -0.39 is 5.41 Å². The molecule has 17 heavy (non-hydrogen) atoms. The third-order valence-corrected chi connectivity index (χ3v) is 3.23. The maximum absolute atomic E-state index is 11.8. The van der Waals surface area contributed by atoms with Gasteiger partial charge in [-0.3, -0.25) is 4.79 Å². The molecule has 0 saturated heterocycles. The predicted octanol–water partition coefficient (Wildman–Crippen LogP) is 2.20. The van der Waals surface area contributed by atoms with E-state index in [1.807, 2.05) is 39.8 Å². The normalized spacial score (nSPS) is 17.8. The summed E-state index contributed by atoms with van der Waals surface area (Å²) in [5, 5.41) is 2.91. The van der Waals surface area contributed by atoms with Crippen molar-refractivity contribution in [1.82, 2.24) is 0 Å². The first-order valence-electron chi connectivity index (χ1n) is 5.94. The summed E-state index contributed by atoms with van der Waals surface area (Å²) in [6.07, 6.45) is 0.810. The zero-order valence-corrected chi connectivity index (χ0v) is 10.9. The molecular formula is C14H20N2O. The summed E-state index contributed by atoms with van der Waals surface area (Å²) < 4.78 is 0. The Hall–Kier alpha value is -1.35. The summed E-state index contributed by atoms with van der Waals surface area (Å²) >= 11 is 0. The zero-order chi connectivity index (χ0) is 12.8. The topological polar surface area (TPSA) is 55.1 Å². The summed E-state index contributed by atoms with van der Waals surface area (Å²) in [4.78, 5) is 11.8. The highest BCUT2D eigenvalue weighted by molar-refractivity contribution is 6.05. The number of nitrogens with one attached hydrogen (secondary N) is 1. The van der Waals surface area contributed by atoms with Gasteiger partial charge in [0.05, 0.1) is 5.41 Å². The molecule has 0 aromatic heterocycles. The third kappa shape index (κ3) is 2.20. The average molecular weight is 232 g/mol. The van der Waals surface area contributed by atoms with Crippen molar-refractivity contribution in [2.75, 3.05) is 5.32 Å². The maximum Gasteiger partial charge on any atom is 0.234 e. The van der Waals surface area contributed by atoms with Gasteiger partial charge in [-0.2, -0.15) is 0 Å². The van der Waals surface area contributed by atoms with Crippen molar-refractivity contribution >= 4 is 11.6 Å². The molecular weight excluding hydrogens is 212 g/mol. The van der Waals surface area contributed by atoms with Crippen LogP contribution in [0.1, 0.15) is 38.8 Å². The van der Waals surface area contributed by atoms with Gasteiger partial charge >= 0.3 is 0 Å². The first-order chi connectivity index (χ1) is 7.70. The highest BCUT2D eigenvalue weighted by Gasteiger charge is 2.38. The lowest BCUT2D eigenvalue weighted by Crippen LogP contribution is -2.34. The van der Waals surface area contributed by atoms with E-state index in [0.29, 0.717) is 0 Å². The van der Waals surface area contributed by atoms with Crippen molar-refractivity contribution in [3.8, 4) is 0 Å². The SMILES string of the molecule is CC(C)(N)Cc1ccc2c(c1)C(C)(C)C(=O)N2. The van der Waals surface area contributed by atoms with Crippen LogP contribution in [0.25, 0.3) is 0 Å². The monoisotopic (exact) mass is 232 g/mol. The second-order valence-electron chi connectivity index (χ2n) is 6.12. The predicted molar refractivity (Wildman–Crippen MR) is 70.1 cm³/mol. The number of amides is 1. The lowest BCUT2D eigenvalue weighted by molar-refractivity contribution is -0.119. The van der Waals surface area contributed by atoms with Gasteiger partial charge < -0.3 is 11.1 Å². The van der Waals surface area contributed by atoms with Gasteiger partial charge in [-0.25, -0.2) is 0 Å². The Morgan fingerprint density at radius 1 is 1.35 bits per heavy atom. The van der Waals surface area contributed by atoms with E-state index in [9.17, 15) is 4.79 Å². The number of carbonyl (C=O) groups excluding carboxylic acids is 1. The Morgan fingerprint density at radius 2 is 2.00 bits per heavy atom. The Morgan fingerprint density at radius 3 is 2.59 bits per heavy atom. The van der Waals surface area contributed by atoms with E-state index in [1.54, 1.807) is 0 Å². The second-order valence-corrected chi connectivity index (χ2v) is 6.12. The molecule has 3 nitrogen and oxygen atoms in total. The van der Waals surface area contributed by atoms with Gasteiger partial charge in [0.2, 0.25) is 5.91 Å². The Kier molecular flexibility index (Phi) is 2.54. The number of carbonyl (C=O) groups is 1. The molecule has 0 spiro atoms. The molecule has 92 valence electrons. The molecule has 0 saturated carbocycles. The standard InChI is InChI=1S/C14H20N2O/c1-13(2,15)8-9-5-6-11-10(7-9)14(3,4)12(17)16-11/h5-7H,8,15H2,1-4H3,(H,16,17). The fourth-order valence-corrected chi connectivity index (χ4v) is 2.25. The first kappa shape index (κ1) is 12.1. The number of anilines is 1. The summed E-state index contributed by atoms with van der Waals surface area (Å²) in [7, 11) is 0. The molecule has 1 amide bonds. The maximum atomic E-state index is 11.8. The van der Waals surface area contributed by atoms with Crippen LogP contribution in [0.5, 0.6) is 0 Å². The third-order valence-electron chi connectivity index (χ3n) is 3.23. The van der Waals surface area contributed by atoms with Crippen molar-refractivity contribution in [3.05, 3.63) is 29.3 Å². The molecule has 3 N–H and O–H groups in total.